The van der Waals surface area contributed by atoms with E-state index in [1.165, 1.54) is 29.3 Å². The van der Waals surface area contributed by atoms with Gasteiger partial charge < -0.3 is 20.0 Å². The number of oxime groups is 1. The molecule has 6 nitrogen and oxygen atoms in total. The molecule has 1 aromatic carbocycles. The van der Waals surface area contributed by atoms with Gasteiger partial charge >= 0.3 is 5.97 Å². The molecule has 0 aromatic heterocycles. The van der Waals surface area contributed by atoms with Gasteiger partial charge in [0.15, 0.2) is 0 Å². The van der Waals surface area contributed by atoms with Gasteiger partial charge in [-0.3, -0.25) is 4.79 Å². The third-order valence-electron chi connectivity index (χ3n) is 10.1. The van der Waals surface area contributed by atoms with Gasteiger partial charge in [0.25, 0.3) is 0 Å². The topological polar surface area (TPSA) is 82.4 Å². The molecule has 4 aliphatic rings. The maximum absolute atomic E-state index is 12.2. The van der Waals surface area contributed by atoms with Crippen LogP contribution in [0.2, 0.25) is 0 Å². The van der Waals surface area contributed by atoms with Crippen molar-refractivity contribution in [3.05, 3.63) is 52.6 Å². The average Bonchev–Trinajstić information content (AvgIpc) is 3.15. The third kappa shape index (κ3) is 4.52. The van der Waals surface area contributed by atoms with E-state index < -0.39 is 5.60 Å². The number of nitrogens with zero attached hydrogens (tertiary/aromatic N) is 2. The van der Waals surface area contributed by atoms with E-state index in [0.29, 0.717) is 31.3 Å². The predicted octanol–water partition coefficient (Wildman–Crippen LogP) is 5.99. The second kappa shape index (κ2) is 9.94. The van der Waals surface area contributed by atoms with Crippen LogP contribution in [0.3, 0.4) is 0 Å². The van der Waals surface area contributed by atoms with Crippen molar-refractivity contribution >= 4 is 17.4 Å². The Morgan fingerprint density at radius 2 is 1.92 bits per heavy atom. The maximum Gasteiger partial charge on any atom is 0.302 e. The van der Waals surface area contributed by atoms with Gasteiger partial charge in [0.2, 0.25) is 0 Å². The van der Waals surface area contributed by atoms with E-state index in [1.807, 2.05) is 0 Å². The smallest absolute Gasteiger partial charge is 0.302 e. The molecule has 5 atom stereocenters. The first-order chi connectivity index (χ1) is 17.7. The van der Waals surface area contributed by atoms with Gasteiger partial charge in [-0.05, 0) is 105 Å². The molecular weight excluding hydrogens is 464 g/mol. The number of aliphatic hydroxyl groups is 1. The zero-order valence-electron chi connectivity index (χ0n) is 22.8. The Morgan fingerprint density at radius 1 is 1.16 bits per heavy atom. The lowest BCUT2D eigenvalue weighted by Gasteiger charge is -2.55. The molecule has 0 amide bonds. The average molecular weight is 507 g/mol. The molecule has 200 valence electrons. The summed E-state index contributed by atoms with van der Waals surface area (Å²) in [5, 5.41) is 25.1. The molecule has 6 heteroatoms. The molecule has 2 fully saturated rings. The summed E-state index contributed by atoms with van der Waals surface area (Å²) < 4.78 is 5.20. The molecule has 5 rings (SSSR count). The van der Waals surface area contributed by atoms with Crippen LogP contribution in [-0.2, 0) is 9.53 Å². The molecule has 0 spiro atoms. The lowest BCUT2D eigenvalue weighted by molar-refractivity contribution is -0.142. The Bertz CT molecular complexity index is 1130. The minimum atomic E-state index is -0.755. The minimum absolute atomic E-state index is 0.198. The molecule has 0 bridgehead atoms. The fraction of sp³-hybridized carbons (Fsp3) is 0.613. The number of allylic oxidation sites excluding steroid dienone is 4. The van der Waals surface area contributed by atoms with Crippen molar-refractivity contribution in [3.8, 4) is 0 Å². The number of hydrogen-bond donors (Lipinski definition) is 2. The van der Waals surface area contributed by atoms with Gasteiger partial charge in [0, 0.05) is 38.0 Å². The van der Waals surface area contributed by atoms with Crippen LogP contribution in [0.4, 0.5) is 5.69 Å². The normalized spacial score (nSPS) is 33.9. The zero-order valence-corrected chi connectivity index (χ0v) is 22.8. The number of hydrogen-bond acceptors (Lipinski definition) is 6. The largest absolute Gasteiger partial charge is 0.466 e. The minimum Gasteiger partial charge on any atom is -0.466 e. The Labute approximate surface area is 221 Å². The molecule has 0 saturated heterocycles. The van der Waals surface area contributed by atoms with Crippen LogP contribution in [0.25, 0.3) is 0 Å². The Morgan fingerprint density at radius 3 is 2.59 bits per heavy atom. The standard InChI is InChI=1S/C31H42N2O4/c1-20(34)37-17-5-15-31(35)16-14-28-26-12-8-22-18-23(32-36)9-13-25(22)29(26)27(19-30(28,31)2)21-6-10-24(11-7-21)33(3)4/h6-7,10-11,18,26-28,35-36H,5,8-9,12-17,19H2,1-4H3/t26-,27+,28-,30+,31+/m0/s1. The van der Waals surface area contributed by atoms with Gasteiger partial charge in [-0.15, -0.1) is 0 Å². The summed E-state index contributed by atoms with van der Waals surface area (Å²) >= 11 is 0. The van der Waals surface area contributed by atoms with E-state index in [9.17, 15) is 15.1 Å². The summed E-state index contributed by atoms with van der Waals surface area (Å²) in [4.78, 5) is 13.4. The van der Waals surface area contributed by atoms with E-state index in [4.69, 9.17) is 4.74 Å². The number of benzene rings is 1. The number of esters is 1. The zero-order chi connectivity index (χ0) is 26.4. The highest BCUT2D eigenvalue weighted by atomic mass is 16.5. The van der Waals surface area contributed by atoms with E-state index in [2.05, 4.69) is 61.4 Å². The molecule has 0 heterocycles. The van der Waals surface area contributed by atoms with Crippen LogP contribution in [0.5, 0.6) is 0 Å². The molecule has 0 unspecified atom stereocenters. The molecule has 2 saturated carbocycles. The fourth-order valence-corrected chi connectivity index (χ4v) is 8.14. The van der Waals surface area contributed by atoms with E-state index in [0.717, 1.165) is 50.7 Å². The van der Waals surface area contributed by atoms with E-state index >= 15 is 0 Å². The van der Waals surface area contributed by atoms with Crippen molar-refractivity contribution < 1.29 is 19.8 Å². The molecule has 2 N–H and O–H groups in total. The van der Waals surface area contributed by atoms with Crippen LogP contribution in [0.15, 0.2) is 52.2 Å². The summed E-state index contributed by atoms with van der Waals surface area (Å²) in [6.07, 6.45) is 10.0. The first-order valence-corrected chi connectivity index (χ1v) is 13.9. The SMILES string of the molecule is CC(=O)OCCC[C@@]1(O)CC[C@H]2[C@@H]3CCC4=CC(=NO)CCC4=C3[C@@H](c3ccc(N(C)C)cc3)C[C@]21C. The summed E-state index contributed by atoms with van der Waals surface area (Å²) in [6.45, 7) is 4.15. The van der Waals surface area contributed by atoms with Crippen molar-refractivity contribution in [3.63, 3.8) is 0 Å². The summed E-state index contributed by atoms with van der Waals surface area (Å²) in [7, 11) is 4.13. The third-order valence-corrected chi connectivity index (χ3v) is 10.1. The molecule has 1 aromatic rings. The van der Waals surface area contributed by atoms with Crippen LogP contribution in [0.1, 0.15) is 83.1 Å². The van der Waals surface area contributed by atoms with Crippen molar-refractivity contribution in [2.24, 2.45) is 22.4 Å². The number of carbonyl (C=O) groups excluding carboxylic acids is 1. The quantitative estimate of drug-likeness (QED) is 0.214. The second-order valence-corrected chi connectivity index (χ2v) is 12.1. The molecule has 4 aliphatic carbocycles. The predicted molar refractivity (Wildman–Crippen MR) is 146 cm³/mol. The highest BCUT2D eigenvalue weighted by molar-refractivity contribution is 5.97. The lowest BCUT2D eigenvalue weighted by atomic mass is 9.51. The number of fused-ring (bicyclic) bond motifs is 4. The lowest BCUT2D eigenvalue weighted by Crippen LogP contribution is -2.51. The Hall–Kier alpha value is -2.60. The molecule has 0 radical (unpaired) electrons. The van der Waals surface area contributed by atoms with Crippen molar-refractivity contribution in [2.75, 3.05) is 25.6 Å². The Kier molecular flexibility index (Phi) is 6.99. The first kappa shape index (κ1) is 26.0. The summed E-state index contributed by atoms with van der Waals surface area (Å²) in [5.74, 6) is 0.900. The maximum atomic E-state index is 12.2. The second-order valence-electron chi connectivity index (χ2n) is 12.1. The Balaban J connectivity index is 1.55. The van der Waals surface area contributed by atoms with Gasteiger partial charge in [-0.25, -0.2) is 0 Å². The van der Waals surface area contributed by atoms with Crippen LogP contribution in [0, 0.1) is 17.3 Å². The van der Waals surface area contributed by atoms with E-state index in [1.54, 1.807) is 5.57 Å². The van der Waals surface area contributed by atoms with Gasteiger partial charge in [-0.2, -0.15) is 0 Å². The van der Waals surface area contributed by atoms with Gasteiger partial charge in [0.05, 0.1) is 17.9 Å². The van der Waals surface area contributed by atoms with Crippen molar-refractivity contribution in [2.45, 2.75) is 83.2 Å². The summed E-state index contributed by atoms with van der Waals surface area (Å²) in [6, 6.07) is 8.98. The fourth-order valence-electron chi connectivity index (χ4n) is 8.14. The molecular formula is C31H42N2O4. The number of anilines is 1. The van der Waals surface area contributed by atoms with Crippen LogP contribution in [-0.4, -0.2) is 48.3 Å². The number of ether oxygens (including phenoxy) is 1. The highest BCUT2D eigenvalue weighted by Crippen LogP contribution is 2.67. The van der Waals surface area contributed by atoms with E-state index in [-0.39, 0.29) is 17.3 Å². The summed E-state index contributed by atoms with van der Waals surface area (Å²) in [5.41, 5.74) is 6.76. The van der Waals surface area contributed by atoms with Crippen LogP contribution < -0.4 is 4.90 Å². The first-order valence-electron chi connectivity index (χ1n) is 13.9. The molecule has 0 aliphatic heterocycles. The van der Waals surface area contributed by atoms with Crippen molar-refractivity contribution in [1.82, 2.24) is 0 Å². The van der Waals surface area contributed by atoms with Crippen molar-refractivity contribution in [1.29, 1.82) is 0 Å². The molecule has 37 heavy (non-hydrogen) atoms. The van der Waals surface area contributed by atoms with Gasteiger partial charge in [0.1, 0.15) is 0 Å². The number of rotatable bonds is 6. The monoisotopic (exact) mass is 506 g/mol. The highest BCUT2D eigenvalue weighted by Gasteiger charge is 2.62. The van der Waals surface area contributed by atoms with Crippen LogP contribution >= 0.6 is 0 Å². The van der Waals surface area contributed by atoms with Gasteiger partial charge in [-0.1, -0.05) is 29.8 Å². The number of carbonyl (C=O) groups is 1.